The predicted octanol–water partition coefficient (Wildman–Crippen LogP) is 4.20. The lowest BCUT2D eigenvalue weighted by Gasteiger charge is -2.10. The van der Waals surface area contributed by atoms with Gasteiger partial charge in [-0.2, -0.15) is 0 Å². The SMILES string of the molecule is CCCn1nnnc1CSc1nnc(Cc2ccccc2)n1-c1ccc(Cl)cc1. The molecule has 0 aliphatic heterocycles. The van der Waals surface area contributed by atoms with Crippen molar-refractivity contribution in [2.75, 3.05) is 0 Å². The third kappa shape index (κ3) is 4.65. The summed E-state index contributed by atoms with van der Waals surface area (Å²) in [5, 5.41) is 22.4. The van der Waals surface area contributed by atoms with E-state index in [0.29, 0.717) is 17.2 Å². The molecule has 0 saturated carbocycles. The Kier molecular flexibility index (Phi) is 6.21. The van der Waals surface area contributed by atoms with Gasteiger partial charge in [-0.25, -0.2) is 4.68 Å². The Bertz CT molecular complexity index is 1060. The standard InChI is InChI=1S/C20H20ClN7S/c1-2-12-27-19(23-25-26-27)14-29-20-24-22-18(13-15-6-4-3-5-7-15)28(20)17-10-8-16(21)9-11-17/h3-11H,2,12-14H2,1H3. The quantitative estimate of drug-likeness (QED) is 0.394. The third-order valence-electron chi connectivity index (χ3n) is 4.36. The summed E-state index contributed by atoms with van der Waals surface area (Å²) >= 11 is 7.66. The maximum atomic E-state index is 6.09. The van der Waals surface area contributed by atoms with E-state index in [-0.39, 0.29) is 0 Å². The first-order valence-corrected chi connectivity index (χ1v) is 10.7. The van der Waals surface area contributed by atoms with Gasteiger partial charge in [-0.05, 0) is 46.7 Å². The van der Waals surface area contributed by atoms with Crippen LogP contribution in [0, 0.1) is 0 Å². The summed E-state index contributed by atoms with van der Waals surface area (Å²) in [5.41, 5.74) is 2.15. The maximum absolute atomic E-state index is 6.09. The van der Waals surface area contributed by atoms with Crippen molar-refractivity contribution in [2.24, 2.45) is 0 Å². The van der Waals surface area contributed by atoms with Gasteiger partial charge < -0.3 is 0 Å². The van der Waals surface area contributed by atoms with Crippen LogP contribution in [0.4, 0.5) is 0 Å². The molecule has 2 aromatic carbocycles. The van der Waals surface area contributed by atoms with E-state index >= 15 is 0 Å². The largest absolute Gasteiger partial charge is 0.274 e. The van der Waals surface area contributed by atoms with E-state index in [1.54, 1.807) is 11.8 Å². The first-order chi connectivity index (χ1) is 14.2. The summed E-state index contributed by atoms with van der Waals surface area (Å²) in [7, 11) is 0. The molecular weight excluding hydrogens is 406 g/mol. The van der Waals surface area contributed by atoms with E-state index in [2.05, 4.69) is 49.3 Å². The van der Waals surface area contributed by atoms with Crippen molar-refractivity contribution in [3.8, 4) is 5.69 Å². The second-order valence-electron chi connectivity index (χ2n) is 6.48. The van der Waals surface area contributed by atoms with Crippen molar-refractivity contribution in [3.63, 3.8) is 0 Å². The molecule has 0 amide bonds. The molecule has 4 rings (SSSR count). The first-order valence-electron chi connectivity index (χ1n) is 9.36. The van der Waals surface area contributed by atoms with Crippen LogP contribution in [0.2, 0.25) is 5.02 Å². The lowest BCUT2D eigenvalue weighted by molar-refractivity contribution is 0.564. The van der Waals surface area contributed by atoms with Crippen LogP contribution in [-0.2, 0) is 18.7 Å². The van der Waals surface area contributed by atoms with Crippen molar-refractivity contribution < 1.29 is 0 Å². The van der Waals surface area contributed by atoms with E-state index in [9.17, 15) is 0 Å². The summed E-state index contributed by atoms with van der Waals surface area (Å²) in [5.74, 6) is 2.31. The minimum Gasteiger partial charge on any atom is -0.274 e. The van der Waals surface area contributed by atoms with Gasteiger partial charge in [0.15, 0.2) is 11.0 Å². The number of thioether (sulfide) groups is 1. The number of hydrogen-bond acceptors (Lipinski definition) is 6. The smallest absolute Gasteiger partial charge is 0.196 e. The van der Waals surface area contributed by atoms with Gasteiger partial charge in [-0.3, -0.25) is 4.57 Å². The molecule has 0 unspecified atom stereocenters. The summed E-state index contributed by atoms with van der Waals surface area (Å²) in [6.07, 6.45) is 1.66. The Hall–Kier alpha value is -2.71. The molecule has 0 bridgehead atoms. The van der Waals surface area contributed by atoms with Crippen molar-refractivity contribution in [1.29, 1.82) is 0 Å². The van der Waals surface area contributed by atoms with E-state index in [0.717, 1.165) is 35.5 Å². The van der Waals surface area contributed by atoms with Gasteiger partial charge in [0.25, 0.3) is 0 Å². The van der Waals surface area contributed by atoms with Gasteiger partial charge in [-0.15, -0.1) is 15.3 Å². The number of tetrazole rings is 1. The lowest BCUT2D eigenvalue weighted by Crippen LogP contribution is -2.06. The zero-order valence-electron chi connectivity index (χ0n) is 15.9. The molecule has 4 aromatic rings. The Morgan fingerprint density at radius 3 is 2.48 bits per heavy atom. The van der Waals surface area contributed by atoms with Crippen LogP contribution in [-0.4, -0.2) is 35.0 Å². The molecule has 0 N–H and O–H groups in total. The molecule has 0 aliphatic rings. The van der Waals surface area contributed by atoms with E-state index in [1.165, 1.54) is 5.56 Å². The van der Waals surface area contributed by atoms with Crippen LogP contribution >= 0.6 is 23.4 Å². The molecule has 0 aliphatic carbocycles. The van der Waals surface area contributed by atoms with Gasteiger partial charge in [0, 0.05) is 23.7 Å². The molecule has 0 saturated heterocycles. The minimum absolute atomic E-state index is 0.615. The molecule has 0 radical (unpaired) electrons. The topological polar surface area (TPSA) is 74.3 Å². The summed E-state index contributed by atoms with van der Waals surface area (Å²) < 4.78 is 3.91. The fraction of sp³-hybridized carbons (Fsp3) is 0.250. The third-order valence-corrected chi connectivity index (χ3v) is 5.54. The number of aromatic nitrogens is 7. The maximum Gasteiger partial charge on any atom is 0.196 e. The van der Waals surface area contributed by atoms with Crippen LogP contribution < -0.4 is 0 Å². The number of nitrogens with zero attached hydrogens (tertiary/aromatic N) is 7. The highest BCUT2D eigenvalue weighted by Gasteiger charge is 2.16. The van der Waals surface area contributed by atoms with E-state index < -0.39 is 0 Å². The number of halogens is 1. The fourth-order valence-electron chi connectivity index (χ4n) is 2.98. The second kappa shape index (κ2) is 9.19. The fourth-order valence-corrected chi connectivity index (χ4v) is 4.01. The van der Waals surface area contributed by atoms with Gasteiger partial charge in [-0.1, -0.05) is 60.6 Å². The summed E-state index contributed by atoms with van der Waals surface area (Å²) in [6, 6.07) is 18.0. The zero-order valence-corrected chi connectivity index (χ0v) is 17.5. The number of rotatable bonds is 8. The van der Waals surface area contributed by atoms with Crippen LogP contribution in [0.25, 0.3) is 5.69 Å². The number of benzene rings is 2. The first kappa shape index (κ1) is 19.6. The van der Waals surface area contributed by atoms with E-state index in [1.807, 2.05) is 47.1 Å². The van der Waals surface area contributed by atoms with Crippen LogP contribution in [0.1, 0.15) is 30.6 Å². The molecule has 2 heterocycles. The number of hydrogen-bond donors (Lipinski definition) is 0. The van der Waals surface area contributed by atoms with Crippen LogP contribution in [0.15, 0.2) is 59.8 Å². The highest BCUT2D eigenvalue weighted by Crippen LogP contribution is 2.26. The molecule has 148 valence electrons. The average Bonchev–Trinajstić information content (AvgIpc) is 3.35. The van der Waals surface area contributed by atoms with Crippen LogP contribution in [0.5, 0.6) is 0 Å². The van der Waals surface area contributed by atoms with Crippen molar-refractivity contribution in [2.45, 2.75) is 37.2 Å². The molecule has 0 atom stereocenters. The molecule has 0 spiro atoms. The molecule has 9 heteroatoms. The Balaban J connectivity index is 1.64. The summed E-state index contributed by atoms with van der Waals surface area (Å²) in [6.45, 7) is 2.90. The Morgan fingerprint density at radius 2 is 1.72 bits per heavy atom. The monoisotopic (exact) mass is 425 g/mol. The van der Waals surface area contributed by atoms with Crippen molar-refractivity contribution >= 4 is 23.4 Å². The van der Waals surface area contributed by atoms with Crippen LogP contribution in [0.3, 0.4) is 0 Å². The molecule has 2 aromatic heterocycles. The van der Waals surface area contributed by atoms with E-state index in [4.69, 9.17) is 11.6 Å². The Morgan fingerprint density at radius 1 is 0.931 bits per heavy atom. The summed E-state index contributed by atoms with van der Waals surface area (Å²) in [4.78, 5) is 0. The average molecular weight is 426 g/mol. The van der Waals surface area contributed by atoms with Crippen molar-refractivity contribution in [3.05, 3.63) is 76.8 Å². The van der Waals surface area contributed by atoms with Crippen molar-refractivity contribution in [1.82, 2.24) is 35.0 Å². The van der Waals surface area contributed by atoms with Gasteiger partial charge in [0.05, 0.1) is 5.75 Å². The van der Waals surface area contributed by atoms with Gasteiger partial charge >= 0.3 is 0 Å². The Labute approximate surface area is 178 Å². The molecule has 0 fully saturated rings. The van der Waals surface area contributed by atoms with Gasteiger partial charge in [0.1, 0.15) is 5.82 Å². The highest BCUT2D eigenvalue weighted by molar-refractivity contribution is 7.98. The zero-order chi connectivity index (χ0) is 20.1. The minimum atomic E-state index is 0.615. The predicted molar refractivity (Wildman–Crippen MR) is 113 cm³/mol. The lowest BCUT2D eigenvalue weighted by atomic mass is 10.1. The highest BCUT2D eigenvalue weighted by atomic mass is 35.5. The van der Waals surface area contributed by atoms with Gasteiger partial charge in [0.2, 0.25) is 0 Å². The molecule has 7 nitrogen and oxygen atoms in total. The normalized spacial score (nSPS) is 11.1. The molecular formula is C20H20ClN7S. The molecule has 29 heavy (non-hydrogen) atoms. The second-order valence-corrected chi connectivity index (χ2v) is 7.86. The number of aryl methyl sites for hydroxylation is 1.